The predicted molar refractivity (Wildman–Crippen MR) is 108 cm³/mol. The van der Waals surface area contributed by atoms with E-state index in [1.165, 1.54) is 0 Å². The number of fused-ring (bicyclic) bond motifs is 1. The summed E-state index contributed by atoms with van der Waals surface area (Å²) >= 11 is 0. The molecule has 2 aromatic rings. The van der Waals surface area contributed by atoms with Gasteiger partial charge in [0.2, 0.25) is 6.79 Å². The first-order valence-electron chi connectivity index (χ1n) is 10.2. The first kappa shape index (κ1) is 19.6. The molecule has 29 heavy (non-hydrogen) atoms. The van der Waals surface area contributed by atoms with Crippen LogP contribution in [0.5, 0.6) is 17.2 Å². The van der Waals surface area contributed by atoms with Crippen molar-refractivity contribution in [1.29, 1.82) is 0 Å². The van der Waals surface area contributed by atoms with Crippen molar-refractivity contribution in [2.45, 2.75) is 32.2 Å². The van der Waals surface area contributed by atoms with E-state index in [-0.39, 0.29) is 30.6 Å². The molecule has 0 amide bonds. The Morgan fingerprint density at radius 1 is 1.07 bits per heavy atom. The second-order valence-corrected chi connectivity index (χ2v) is 7.30. The molecular weight excluding hydrogens is 370 g/mol. The first-order valence-corrected chi connectivity index (χ1v) is 10.2. The number of rotatable bonds is 7. The fourth-order valence-corrected chi connectivity index (χ4v) is 4.06. The van der Waals surface area contributed by atoms with Crippen LogP contribution in [0.3, 0.4) is 0 Å². The van der Waals surface area contributed by atoms with Gasteiger partial charge in [0.1, 0.15) is 5.75 Å². The Hall–Kier alpha value is -2.73. The second-order valence-electron chi connectivity index (χ2n) is 7.30. The van der Waals surface area contributed by atoms with E-state index >= 15 is 0 Å². The smallest absolute Gasteiger partial charge is 0.311 e. The molecule has 6 heteroatoms. The summed E-state index contributed by atoms with van der Waals surface area (Å²) in [5.74, 6) is 1.80. The Labute approximate surface area is 171 Å². The quantitative estimate of drug-likeness (QED) is 0.717. The van der Waals surface area contributed by atoms with Gasteiger partial charge in [-0.05, 0) is 48.7 Å². The van der Waals surface area contributed by atoms with E-state index in [0.717, 1.165) is 34.8 Å². The van der Waals surface area contributed by atoms with Crippen molar-refractivity contribution in [1.82, 2.24) is 5.32 Å². The van der Waals surface area contributed by atoms with Crippen LogP contribution in [0.2, 0.25) is 0 Å². The molecule has 0 bridgehead atoms. The molecule has 0 aromatic heterocycles. The predicted octanol–water partition coefficient (Wildman–Crippen LogP) is 3.81. The zero-order valence-electron chi connectivity index (χ0n) is 16.9. The number of carbonyl (C=O) groups excluding carboxylic acids is 1. The highest BCUT2D eigenvalue weighted by Gasteiger charge is 2.43. The molecule has 2 aromatic carbocycles. The van der Waals surface area contributed by atoms with Crippen LogP contribution in [0, 0.1) is 5.92 Å². The summed E-state index contributed by atoms with van der Waals surface area (Å²) in [5, 5.41) is 3.53. The van der Waals surface area contributed by atoms with Crippen LogP contribution in [0.15, 0.2) is 42.5 Å². The Bertz CT molecular complexity index is 851. The lowest BCUT2D eigenvalue weighted by atomic mass is 9.83. The SMILES string of the molecule is CCCOc1ccc([C@@H]2NC[C@H](c3ccc4c(c3)OCO4)[C@H]2C(=O)OCC)cc1. The maximum absolute atomic E-state index is 12.9. The summed E-state index contributed by atoms with van der Waals surface area (Å²) < 4.78 is 22.1. The van der Waals surface area contributed by atoms with Gasteiger partial charge in [0, 0.05) is 18.5 Å². The lowest BCUT2D eigenvalue weighted by Gasteiger charge is -2.23. The van der Waals surface area contributed by atoms with Crippen molar-refractivity contribution in [2.24, 2.45) is 5.92 Å². The Morgan fingerprint density at radius 3 is 2.59 bits per heavy atom. The minimum atomic E-state index is -0.322. The van der Waals surface area contributed by atoms with Crippen molar-refractivity contribution in [3.05, 3.63) is 53.6 Å². The Kier molecular flexibility index (Phi) is 5.90. The average molecular weight is 397 g/mol. The number of ether oxygens (including phenoxy) is 4. The van der Waals surface area contributed by atoms with Crippen LogP contribution < -0.4 is 19.5 Å². The van der Waals surface area contributed by atoms with Gasteiger partial charge < -0.3 is 24.3 Å². The van der Waals surface area contributed by atoms with E-state index in [9.17, 15) is 4.79 Å². The van der Waals surface area contributed by atoms with Gasteiger partial charge in [-0.15, -0.1) is 0 Å². The summed E-state index contributed by atoms with van der Waals surface area (Å²) in [5.41, 5.74) is 2.10. The molecule has 0 unspecified atom stereocenters. The van der Waals surface area contributed by atoms with Gasteiger partial charge in [-0.3, -0.25) is 4.79 Å². The molecule has 0 spiro atoms. The number of esters is 1. The molecule has 2 heterocycles. The summed E-state index contributed by atoms with van der Waals surface area (Å²) in [7, 11) is 0. The number of benzene rings is 2. The highest BCUT2D eigenvalue weighted by atomic mass is 16.7. The molecular formula is C23H27NO5. The van der Waals surface area contributed by atoms with Gasteiger partial charge in [0.15, 0.2) is 11.5 Å². The monoisotopic (exact) mass is 397 g/mol. The maximum atomic E-state index is 12.9. The fourth-order valence-electron chi connectivity index (χ4n) is 4.06. The van der Waals surface area contributed by atoms with Crippen LogP contribution in [0.4, 0.5) is 0 Å². The lowest BCUT2D eigenvalue weighted by Crippen LogP contribution is -2.27. The van der Waals surface area contributed by atoms with Crippen molar-refractivity contribution >= 4 is 5.97 Å². The van der Waals surface area contributed by atoms with E-state index in [2.05, 4.69) is 12.2 Å². The minimum Gasteiger partial charge on any atom is -0.494 e. The molecule has 4 rings (SSSR count). The van der Waals surface area contributed by atoms with Gasteiger partial charge in [0.05, 0.1) is 19.1 Å². The molecule has 0 radical (unpaired) electrons. The van der Waals surface area contributed by atoms with Crippen LogP contribution in [-0.4, -0.2) is 32.5 Å². The molecule has 6 nitrogen and oxygen atoms in total. The van der Waals surface area contributed by atoms with E-state index in [0.29, 0.717) is 19.8 Å². The first-order chi connectivity index (χ1) is 14.2. The van der Waals surface area contributed by atoms with E-state index < -0.39 is 0 Å². The number of nitrogens with one attached hydrogen (secondary N) is 1. The summed E-state index contributed by atoms with van der Waals surface area (Å²) in [6.45, 7) is 5.89. The highest BCUT2D eigenvalue weighted by Crippen LogP contribution is 2.43. The fraction of sp³-hybridized carbons (Fsp3) is 0.435. The van der Waals surface area contributed by atoms with Crippen molar-refractivity contribution in [3.8, 4) is 17.2 Å². The normalized spacial score (nSPS) is 22.5. The van der Waals surface area contributed by atoms with Gasteiger partial charge in [-0.25, -0.2) is 0 Å². The number of hydrogen-bond acceptors (Lipinski definition) is 6. The van der Waals surface area contributed by atoms with Crippen LogP contribution in [0.25, 0.3) is 0 Å². The number of hydrogen-bond donors (Lipinski definition) is 1. The van der Waals surface area contributed by atoms with Gasteiger partial charge >= 0.3 is 5.97 Å². The second kappa shape index (κ2) is 8.74. The van der Waals surface area contributed by atoms with E-state index in [1.807, 2.05) is 49.4 Å². The highest BCUT2D eigenvalue weighted by molar-refractivity contribution is 5.76. The maximum Gasteiger partial charge on any atom is 0.311 e. The molecule has 2 aliphatic rings. The van der Waals surface area contributed by atoms with Crippen LogP contribution >= 0.6 is 0 Å². The third-order valence-corrected chi connectivity index (χ3v) is 5.45. The molecule has 2 aliphatic heterocycles. The van der Waals surface area contributed by atoms with E-state index in [1.54, 1.807) is 0 Å². The summed E-state index contributed by atoms with van der Waals surface area (Å²) in [6, 6.07) is 13.7. The molecule has 0 aliphatic carbocycles. The van der Waals surface area contributed by atoms with Crippen molar-refractivity contribution in [2.75, 3.05) is 26.6 Å². The van der Waals surface area contributed by atoms with Gasteiger partial charge in [-0.2, -0.15) is 0 Å². The van der Waals surface area contributed by atoms with Gasteiger partial charge in [-0.1, -0.05) is 25.1 Å². The zero-order valence-corrected chi connectivity index (χ0v) is 16.9. The number of carbonyl (C=O) groups is 1. The topological polar surface area (TPSA) is 66.0 Å². The molecule has 1 saturated heterocycles. The third kappa shape index (κ3) is 4.03. The van der Waals surface area contributed by atoms with Gasteiger partial charge in [0.25, 0.3) is 0 Å². The van der Waals surface area contributed by atoms with E-state index in [4.69, 9.17) is 18.9 Å². The van der Waals surface area contributed by atoms with Crippen LogP contribution in [-0.2, 0) is 9.53 Å². The summed E-state index contributed by atoms with van der Waals surface area (Å²) in [4.78, 5) is 12.9. The van der Waals surface area contributed by atoms with Crippen molar-refractivity contribution in [3.63, 3.8) is 0 Å². The molecule has 0 saturated carbocycles. The third-order valence-electron chi connectivity index (χ3n) is 5.45. The Morgan fingerprint density at radius 2 is 1.83 bits per heavy atom. The minimum absolute atomic E-state index is 0.00966. The molecule has 3 atom stereocenters. The Balaban J connectivity index is 1.60. The molecule has 154 valence electrons. The zero-order chi connectivity index (χ0) is 20.2. The largest absolute Gasteiger partial charge is 0.494 e. The molecule has 1 fully saturated rings. The van der Waals surface area contributed by atoms with Crippen LogP contribution in [0.1, 0.15) is 43.4 Å². The molecule has 1 N–H and O–H groups in total. The summed E-state index contributed by atoms with van der Waals surface area (Å²) in [6.07, 6.45) is 0.966. The standard InChI is InChI=1S/C23H27NO5/c1-3-11-27-17-8-5-15(6-9-17)22-21(23(25)26-4-2)18(13-24-22)16-7-10-19-20(12-16)29-14-28-19/h5-10,12,18,21-22,24H,3-4,11,13-14H2,1-2H3/t18-,21-,22+/m1/s1. The lowest BCUT2D eigenvalue weighted by molar-refractivity contribution is -0.148. The average Bonchev–Trinajstić information content (AvgIpc) is 3.39. The van der Waals surface area contributed by atoms with Crippen molar-refractivity contribution < 1.29 is 23.7 Å².